The molecule has 0 aliphatic carbocycles. The van der Waals surface area contributed by atoms with Crippen LogP contribution in [0.5, 0.6) is 0 Å². The Kier molecular flexibility index (Phi) is 8.49. The van der Waals surface area contributed by atoms with E-state index in [1.165, 1.54) is 12.3 Å². The molecule has 1 unspecified atom stereocenters. The summed E-state index contributed by atoms with van der Waals surface area (Å²) in [6.45, 7) is 1.44. The van der Waals surface area contributed by atoms with Gasteiger partial charge in [0.2, 0.25) is 11.8 Å². The van der Waals surface area contributed by atoms with Gasteiger partial charge in [0.15, 0.2) is 0 Å². The van der Waals surface area contributed by atoms with Crippen molar-refractivity contribution in [2.75, 3.05) is 26.0 Å². The summed E-state index contributed by atoms with van der Waals surface area (Å²) in [6.07, 6.45) is 11.1. The second-order valence-corrected chi connectivity index (χ2v) is 7.88. The van der Waals surface area contributed by atoms with Gasteiger partial charge in [-0.2, -0.15) is 0 Å². The maximum atomic E-state index is 12.4. The number of piperidine rings is 1. The Balaban J connectivity index is 1.55. The first-order chi connectivity index (χ1) is 16.0. The standard InChI is InChI=1S/C25H30N6O2/c1-27-15-20(13-26)23-11-12-28-16-19(23)5-9-24(32)30-21-6-3-18(4-7-21)14-29-22-8-10-25(33)31(2)17-22/h3-7,9,11-13,15-16,22,29H,8,10,14,17,26H2,1-2H3,(H,30,32)/b9-5+,20-13?,27-15?. The number of allylic oxidation sites excluding steroid dienone is 1. The zero-order valence-electron chi connectivity index (χ0n) is 19.0. The van der Waals surface area contributed by atoms with E-state index in [1.807, 2.05) is 37.4 Å². The van der Waals surface area contributed by atoms with E-state index in [0.29, 0.717) is 24.7 Å². The topological polar surface area (TPSA) is 113 Å². The first-order valence-corrected chi connectivity index (χ1v) is 10.8. The molecule has 0 saturated carbocycles. The molecule has 1 aromatic carbocycles. The lowest BCUT2D eigenvalue weighted by Gasteiger charge is -2.30. The Hall–Kier alpha value is -3.78. The molecule has 0 spiro atoms. The van der Waals surface area contributed by atoms with E-state index >= 15 is 0 Å². The zero-order chi connectivity index (χ0) is 23.6. The van der Waals surface area contributed by atoms with Crippen LogP contribution in [0.25, 0.3) is 11.6 Å². The largest absolute Gasteiger partial charge is 0.404 e. The van der Waals surface area contributed by atoms with E-state index in [2.05, 4.69) is 20.6 Å². The normalized spacial score (nSPS) is 17.2. The van der Waals surface area contributed by atoms with Crippen molar-refractivity contribution in [2.45, 2.75) is 25.4 Å². The van der Waals surface area contributed by atoms with Crippen LogP contribution in [0, 0.1) is 0 Å². The lowest BCUT2D eigenvalue weighted by Crippen LogP contribution is -2.46. The molecule has 1 fully saturated rings. The molecule has 4 N–H and O–H groups in total. The minimum atomic E-state index is -0.243. The molecule has 3 rings (SSSR count). The number of likely N-dealkylation sites (N-methyl/N-ethyl adjacent to an activating group) is 1. The molecule has 8 heteroatoms. The first-order valence-electron chi connectivity index (χ1n) is 10.8. The summed E-state index contributed by atoms with van der Waals surface area (Å²) in [5, 5.41) is 6.36. The Morgan fingerprint density at radius 2 is 2.09 bits per heavy atom. The number of aromatic nitrogens is 1. The van der Waals surface area contributed by atoms with Gasteiger partial charge in [-0.1, -0.05) is 12.1 Å². The molecule has 1 aliphatic heterocycles. The molecule has 0 radical (unpaired) electrons. The van der Waals surface area contributed by atoms with E-state index in [1.54, 1.807) is 36.6 Å². The lowest BCUT2D eigenvalue weighted by atomic mass is 10.0. The van der Waals surface area contributed by atoms with Crippen LogP contribution in [0.15, 0.2) is 60.0 Å². The minimum absolute atomic E-state index is 0.202. The van der Waals surface area contributed by atoms with Crippen LogP contribution >= 0.6 is 0 Å². The summed E-state index contributed by atoms with van der Waals surface area (Å²) in [5.74, 6) is -0.0407. The Bertz CT molecular complexity index is 1060. The van der Waals surface area contributed by atoms with Crippen molar-refractivity contribution in [3.63, 3.8) is 0 Å². The number of nitrogens with two attached hydrogens (primary N) is 1. The summed E-state index contributed by atoms with van der Waals surface area (Å²) < 4.78 is 0. The number of likely N-dealkylation sites (tertiary alicyclic amines) is 1. The molecule has 0 bridgehead atoms. The van der Waals surface area contributed by atoms with Gasteiger partial charge in [0.05, 0.1) is 0 Å². The van der Waals surface area contributed by atoms with Gasteiger partial charge in [0.1, 0.15) is 0 Å². The molecule has 172 valence electrons. The summed E-state index contributed by atoms with van der Waals surface area (Å²) >= 11 is 0. The number of pyridine rings is 1. The van der Waals surface area contributed by atoms with Gasteiger partial charge in [0, 0.05) is 87.4 Å². The average molecular weight is 447 g/mol. The third-order valence-corrected chi connectivity index (χ3v) is 5.47. The number of nitrogens with one attached hydrogen (secondary N) is 2. The molecule has 1 aromatic heterocycles. The summed E-state index contributed by atoms with van der Waals surface area (Å²) in [7, 11) is 3.51. The highest BCUT2D eigenvalue weighted by atomic mass is 16.2. The number of hydrogen-bond acceptors (Lipinski definition) is 6. The predicted octanol–water partition coefficient (Wildman–Crippen LogP) is 2.44. The second-order valence-electron chi connectivity index (χ2n) is 7.88. The lowest BCUT2D eigenvalue weighted by molar-refractivity contribution is -0.132. The smallest absolute Gasteiger partial charge is 0.248 e. The van der Waals surface area contributed by atoms with Crippen molar-refractivity contribution in [1.82, 2.24) is 15.2 Å². The van der Waals surface area contributed by atoms with Gasteiger partial charge in [0.25, 0.3) is 0 Å². The highest BCUT2D eigenvalue weighted by Crippen LogP contribution is 2.18. The highest BCUT2D eigenvalue weighted by molar-refractivity contribution is 6.11. The average Bonchev–Trinajstić information content (AvgIpc) is 2.83. The van der Waals surface area contributed by atoms with Crippen molar-refractivity contribution < 1.29 is 9.59 Å². The molecule has 2 aromatic rings. The van der Waals surface area contributed by atoms with Crippen LogP contribution in [0.3, 0.4) is 0 Å². The van der Waals surface area contributed by atoms with Gasteiger partial charge in [-0.3, -0.25) is 19.6 Å². The Morgan fingerprint density at radius 1 is 1.30 bits per heavy atom. The number of hydrogen-bond donors (Lipinski definition) is 3. The fourth-order valence-electron chi connectivity index (χ4n) is 3.64. The van der Waals surface area contributed by atoms with Gasteiger partial charge < -0.3 is 21.3 Å². The fraction of sp³-hybridized carbons (Fsp3) is 0.280. The maximum absolute atomic E-state index is 12.4. The monoisotopic (exact) mass is 446 g/mol. The quantitative estimate of drug-likeness (QED) is 0.426. The Morgan fingerprint density at radius 3 is 2.79 bits per heavy atom. The van der Waals surface area contributed by atoms with Crippen LogP contribution in [-0.2, 0) is 16.1 Å². The van der Waals surface area contributed by atoms with Gasteiger partial charge in [-0.15, -0.1) is 0 Å². The van der Waals surface area contributed by atoms with E-state index in [9.17, 15) is 9.59 Å². The van der Waals surface area contributed by atoms with E-state index in [-0.39, 0.29) is 11.8 Å². The molecule has 8 nitrogen and oxygen atoms in total. The third kappa shape index (κ3) is 6.85. The van der Waals surface area contributed by atoms with Crippen LogP contribution in [0.2, 0.25) is 0 Å². The summed E-state index contributed by atoms with van der Waals surface area (Å²) in [5.41, 5.74) is 9.88. The van der Waals surface area contributed by atoms with Crippen molar-refractivity contribution in [3.05, 3.63) is 71.7 Å². The molecule has 1 atom stereocenters. The first kappa shape index (κ1) is 23.9. The number of nitrogens with zero attached hydrogens (tertiary/aromatic N) is 3. The van der Waals surface area contributed by atoms with E-state index in [4.69, 9.17) is 5.73 Å². The van der Waals surface area contributed by atoms with Gasteiger partial charge in [-0.05, 0) is 41.8 Å². The van der Waals surface area contributed by atoms with Crippen molar-refractivity contribution >= 4 is 35.4 Å². The highest BCUT2D eigenvalue weighted by Gasteiger charge is 2.22. The number of anilines is 1. The summed E-state index contributed by atoms with van der Waals surface area (Å²) in [6, 6.07) is 9.84. The molecule has 1 saturated heterocycles. The van der Waals surface area contributed by atoms with Crippen LogP contribution < -0.4 is 16.4 Å². The predicted molar refractivity (Wildman–Crippen MR) is 132 cm³/mol. The van der Waals surface area contributed by atoms with E-state index in [0.717, 1.165) is 35.2 Å². The van der Waals surface area contributed by atoms with Crippen molar-refractivity contribution in [3.8, 4) is 0 Å². The summed E-state index contributed by atoms with van der Waals surface area (Å²) in [4.78, 5) is 33.9. The molecule has 1 aliphatic rings. The number of benzene rings is 1. The number of carbonyl (C=O) groups is 2. The fourth-order valence-corrected chi connectivity index (χ4v) is 3.64. The Labute approximate surface area is 194 Å². The minimum Gasteiger partial charge on any atom is -0.404 e. The third-order valence-electron chi connectivity index (χ3n) is 5.47. The van der Waals surface area contributed by atoms with Crippen molar-refractivity contribution in [1.29, 1.82) is 0 Å². The van der Waals surface area contributed by atoms with Gasteiger partial charge in [-0.25, -0.2) is 0 Å². The second kappa shape index (κ2) is 11.7. The van der Waals surface area contributed by atoms with Gasteiger partial charge >= 0.3 is 0 Å². The molecular formula is C25H30N6O2. The molecular weight excluding hydrogens is 416 g/mol. The number of carbonyl (C=O) groups excluding carboxylic acids is 2. The SMILES string of the molecule is CN=CC(=CN)c1ccncc1/C=C/C(=O)Nc1ccc(CNC2CCC(=O)N(C)C2)cc1. The number of aliphatic imine (C=N–C) groups is 1. The number of amides is 2. The molecule has 33 heavy (non-hydrogen) atoms. The maximum Gasteiger partial charge on any atom is 0.248 e. The number of rotatable bonds is 8. The van der Waals surface area contributed by atoms with Crippen LogP contribution in [0.4, 0.5) is 5.69 Å². The molecule has 2 amide bonds. The van der Waals surface area contributed by atoms with Crippen LogP contribution in [0.1, 0.15) is 29.5 Å². The van der Waals surface area contributed by atoms with Crippen LogP contribution in [-0.4, -0.2) is 54.6 Å². The van der Waals surface area contributed by atoms with E-state index < -0.39 is 0 Å². The van der Waals surface area contributed by atoms with Crippen molar-refractivity contribution in [2.24, 2.45) is 10.7 Å². The zero-order valence-corrected chi connectivity index (χ0v) is 19.0. The molecule has 2 heterocycles.